The molecule has 0 spiro atoms. The first-order valence-corrected chi connectivity index (χ1v) is 8.77. The third kappa shape index (κ3) is 2.53. The number of rotatable bonds is 4. The predicted octanol–water partition coefficient (Wildman–Crippen LogP) is 3.40. The summed E-state index contributed by atoms with van der Waals surface area (Å²) in [6.07, 6.45) is 5.49. The van der Waals surface area contributed by atoms with Crippen molar-refractivity contribution in [1.29, 1.82) is 0 Å². The number of benzene rings is 1. The van der Waals surface area contributed by atoms with Gasteiger partial charge in [0, 0.05) is 36.6 Å². The molecule has 4 rings (SSSR count). The summed E-state index contributed by atoms with van der Waals surface area (Å²) in [7, 11) is 0. The Hall–Kier alpha value is -0.860. The molecule has 0 bridgehead atoms. The normalized spacial score (nSPS) is 40.2. The van der Waals surface area contributed by atoms with Crippen molar-refractivity contribution in [2.75, 3.05) is 13.1 Å². The summed E-state index contributed by atoms with van der Waals surface area (Å²) in [6.45, 7) is 7.24. The van der Waals surface area contributed by atoms with Gasteiger partial charge >= 0.3 is 0 Å². The summed E-state index contributed by atoms with van der Waals surface area (Å²) in [4.78, 5) is 2.85. The average molecular weight is 284 g/mol. The van der Waals surface area contributed by atoms with E-state index in [9.17, 15) is 0 Å². The lowest BCUT2D eigenvalue weighted by Crippen LogP contribution is -2.64. The van der Waals surface area contributed by atoms with Crippen LogP contribution in [0.3, 0.4) is 0 Å². The molecule has 2 aliphatic carbocycles. The first kappa shape index (κ1) is 13.8. The van der Waals surface area contributed by atoms with E-state index in [2.05, 4.69) is 54.4 Å². The van der Waals surface area contributed by atoms with Crippen LogP contribution in [0, 0.1) is 5.92 Å². The smallest absolute Gasteiger partial charge is 0.0309 e. The van der Waals surface area contributed by atoms with Gasteiger partial charge in [0.25, 0.3) is 0 Å². The van der Waals surface area contributed by atoms with E-state index in [-0.39, 0.29) is 0 Å². The summed E-state index contributed by atoms with van der Waals surface area (Å²) in [6, 6.07) is 12.7. The van der Waals surface area contributed by atoms with Gasteiger partial charge in [-0.3, -0.25) is 4.90 Å². The zero-order valence-electron chi connectivity index (χ0n) is 13.4. The molecule has 3 fully saturated rings. The lowest BCUT2D eigenvalue weighted by molar-refractivity contribution is 0.0645. The highest BCUT2D eigenvalue weighted by molar-refractivity contribution is 5.28. The van der Waals surface area contributed by atoms with Crippen LogP contribution in [-0.2, 0) is 0 Å². The molecule has 2 saturated carbocycles. The van der Waals surface area contributed by atoms with Crippen LogP contribution in [0.5, 0.6) is 0 Å². The Bertz CT molecular complexity index is 496. The van der Waals surface area contributed by atoms with Gasteiger partial charge in [0.15, 0.2) is 0 Å². The molecule has 21 heavy (non-hydrogen) atoms. The van der Waals surface area contributed by atoms with Gasteiger partial charge in [-0.2, -0.15) is 0 Å². The minimum absolute atomic E-state index is 0.371. The second-order valence-corrected chi connectivity index (χ2v) is 7.63. The number of nitrogens with zero attached hydrogens (tertiary/aromatic N) is 1. The SMILES string of the molecule is CCC1CNC(C)(C2CC2)CN1C1CC1c1ccccc1. The fourth-order valence-electron chi connectivity index (χ4n) is 4.40. The summed E-state index contributed by atoms with van der Waals surface area (Å²) in [5, 5.41) is 3.88. The maximum atomic E-state index is 3.88. The Morgan fingerprint density at radius 1 is 1.24 bits per heavy atom. The van der Waals surface area contributed by atoms with Gasteiger partial charge in [-0.1, -0.05) is 37.3 Å². The van der Waals surface area contributed by atoms with Crippen LogP contribution in [0.1, 0.15) is 51.0 Å². The molecule has 0 aromatic heterocycles. The van der Waals surface area contributed by atoms with Crippen LogP contribution in [0.2, 0.25) is 0 Å². The zero-order valence-corrected chi connectivity index (χ0v) is 13.4. The van der Waals surface area contributed by atoms with E-state index in [0.29, 0.717) is 5.54 Å². The lowest BCUT2D eigenvalue weighted by Gasteiger charge is -2.47. The third-order valence-corrected chi connectivity index (χ3v) is 6.08. The van der Waals surface area contributed by atoms with Crippen molar-refractivity contribution in [3.63, 3.8) is 0 Å². The monoisotopic (exact) mass is 284 g/mol. The van der Waals surface area contributed by atoms with Crippen LogP contribution in [-0.4, -0.2) is 35.6 Å². The highest BCUT2D eigenvalue weighted by atomic mass is 15.3. The minimum Gasteiger partial charge on any atom is -0.308 e. The lowest BCUT2D eigenvalue weighted by atomic mass is 9.90. The van der Waals surface area contributed by atoms with Gasteiger partial charge in [0.2, 0.25) is 0 Å². The van der Waals surface area contributed by atoms with Crippen molar-refractivity contribution in [2.45, 2.75) is 63.1 Å². The van der Waals surface area contributed by atoms with E-state index in [1.54, 1.807) is 5.56 Å². The molecule has 4 atom stereocenters. The predicted molar refractivity (Wildman–Crippen MR) is 87.5 cm³/mol. The molecule has 0 amide bonds. The first-order valence-electron chi connectivity index (χ1n) is 8.77. The highest BCUT2D eigenvalue weighted by Crippen LogP contribution is 2.49. The average Bonchev–Trinajstić information content (AvgIpc) is 3.41. The van der Waals surface area contributed by atoms with Gasteiger partial charge < -0.3 is 5.32 Å². The maximum Gasteiger partial charge on any atom is 0.0309 e. The largest absolute Gasteiger partial charge is 0.308 e. The minimum atomic E-state index is 0.371. The van der Waals surface area contributed by atoms with Crippen molar-refractivity contribution in [3.05, 3.63) is 35.9 Å². The summed E-state index contributed by atoms with van der Waals surface area (Å²) in [5.41, 5.74) is 1.92. The Labute approximate surface area is 128 Å². The van der Waals surface area contributed by atoms with Crippen LogP contribution in [0.4, 0.5) is 0 Å². The molecule has 1 N–H and O–H groups in total. The third-order valence-electron chi connectivity index (χ3n) is 6.08. The molecular formula is C19H28N2. The topological polar surface area (TPSA) is 15.3 Å². The highest BCUT2D eigenvalue weighted by Gasteiger charge is 2.51. The fraction of sp³-hybridized carbons (Fsp3) is 0.684. The van der Waals surface area contributed by atoms with Crippen molar-refractivity contribution in [3.8, 4) is 0 Å². The van der Waals surface area contributed by atoms with Crippen molar-refractivity contribution in [2.24, 2.45) is 5.92 Å². The molecule has 1 saturated heterocycles. The molecule has 1 aromatic carbocycles. The maximum absolute atomic E-state index is 3.88. The van der Waals surface area contributed by atoms with Crippen LogP contribution < -0.4 is 5.32 Å². The summed E-state index contributed by atoms with van der Waals surface area (Å²) < 4.78 is 0. The van der Waals surface area contributed by atoms with Gasteiger partial charge in [0.1, 0.15) is 0 Å². The standard InChI is InChI=1S/C19H28N2/c1-3-16-12-20-19(2,15-9-10-15)13-21(16)18-11-17(18)14-7-5-4-6-8-14/h4-8,15-18,20H,3,9-13H2,1-2H3. The number of hydrogen-bond acceptors (Lipinski definition) is 2. The van der Waals surface area contributed by atoms with Crippen molar-refractivity contribution >= 4 is 0 Å². The van der Waals surface area contributed by atoms with Crippen LogP contribution in [0.15, 0.2) is 30.3 Å². The van der Waals surface area contributed by atoms with Crippen LogP contribution >= 0.6 is 0 Å². The molecule has 3 aliphatic rings. The van der Waals surface area contributed by atoms with Gasteiger partial charge in [0.05, 0.1) is 0 Å². The molecule has 1 aliphatic heterocycles. The molecule has 2 heteroatoms. The Morgan fingerprint density at radius 2 is 2.00 bits per heavy atom. The number of nitrogens with one attached hydrogen (secondary N) is 1. The van der Waals surface area contributed by atoms with Crippen molar-refractivity contribution in [1.82, 2.24) is 10.2 Å². The molecular weight excluding hydrogens is 256 g/mol. The molecule has 1 aromatic rings. The molecule has 114 valence electrons. The quantitative estimate of drug-likeness (QED) is 0.911. The summed E-state index contributed by atoms with van der Waals surface area (Å²) in [5.74, 6) is 1.70. The molecule has 4 unspecified atom stereocenters. The summed E-state index contributed by atoms with van der Waals surface area (Å²) >= 11 is 0. The molecule has 1 heterocycles. The van der Waals surface area contributed by atoms with Gasteiger partial charge in [-0.05, 0) is 44.1 Å². The van der Waals surface area contributed by atoms with E-state index < -0.39 is 0 Å². The van der Waals surface area contributed by atoms with Crippen LogP contribution in [0.25, 0.3) is 0 Å². The van der Waals surface area contributed by atoms with Gasteiger partial charge in [-0.25, -0.2) is 0 Å². The zero-order chi connectivity index (χ0) is 14.4. The Morgan fingerprint density at radius 3 is 2.67 bits per heavy atom. The van der Waals surface area contributed by atoms with E-state index in [1.165, 1.54) is 38.8 Å². The molecule has 2 nitrogen and oxygen atoms in total. The Kier molecular flexibility index (Phi) is 3.35. The number of piperazine rings is 1. The molecule has 0 radical (unpaired) electrons. The van der Waals surface area contributed by atoms with E-state index >= 15 is 0 Å². The van der Waals surface area contributed by atoms with Gasteiger partial charge in [-0.15, -0.1) is 0 Å². The fourth-order valence-corrected chi connectivity index (χ4v) is 4.40. The second kappa shape index (κ2) is 5.10. The second-order valence-electron chi connectivity index (χ2n) is 7.63. The van der Waals surface area contributed by atoms with E-state index in [0.717, 1.165) is 23.9 Å². The van der Waals surface area contributed by atoms with Crippen molar-refractivity contribution < 1.29 is 0 Å². The van der Waals surface area contributed by atoms with E-state index in [1.807, 2.05) is 0 Å². The first-order chi connectivity index (χ1) is 10.2. The van der Waals surface area contributed by atoms with E-state index in [4.69, 9.17) is 0 Å². The number of hydrogen-bond donors (Lipinski definition) is 1. The Balaban J connectivity index is 1.49.